The Morgan fingerprint density at radius 3 is 2.90 bits per heavy atom. The summed E-state index contributed by atoms with van der Waals surface area (Å²) < 4.78 is 13.4. The van der Waals surface area contributed by atoms with E-state index in [1.54, 1.807) is 24.5 Å². The lowest BCUT2D eigenvalue weighted by molar-refractivity contribution is -0.122. The number of nitrogens with one attached hydrogen (secondary N) is 3. The molecule has 1 aliphatic heterocycles. The fraction of sp³-hybridized carbons (Fsp3) is 0.273. The van der Waals surface area contributed by atoms with Crippen molar-refractivity contribution in [3.63, 3.8) is 0 Å². The zero-order valence-electron chi connectivity index (χ0n) is 16.8. The van der Waals surface area contributed by atoms with Gasteiger partial charge in [-0.25, -0.2) is 9.37 Å². The van der Waals surface area contributed by atoms with Crippen LogP contribution in [0.1, 0.15) is 12.0 Å². The lowest BCUT2D eigenvalue weighted by Crippen LogP contribution is -2.33. The lowest BCUT2D eigenvalue weighted by Gasteiger charge is -2.23. The summed E-state index contributed by atoms with van der Waals surface area (Å²) in [5.41, 5.74) is 2.94. The summed E-state index contributed by atoms with van der Waals surface area (Å²) >= 11 is 0. The van der Waals surface area contributed by atoms with Gasteiger partial charge in [0, 0.05) is 31.4 Å². The average molecular weight is 422 g/mol. The van der Waals surface area contributed by atoms with Crippen molar-refractivity contribution in [2.24, 2.45) is 5.92 Å². The summed E-state index contributed by atoms with van der Waals surface area (Å²) in [4.78, 5) is 30.0. The highest BCUT2D eigenvalue weighted by Gasteiger charge is 2.27. The summed E-state index contributed by atoms with van der Waals surface area (Å²) in [6.07, 6.45) is 5.39. The van der Waals surface area contributed by atoms with Crippen molar-refractivity contribution >= 4 is 23.8 Å². The fourth-order valence-electron chi connectivity index (χ4n) is 3.64. The molecule has 0 bridgehead atoms. The number of hydrogen-bond acceptors (Lipinski definition) is 5. The van der Waals surface area contributed by atoms with Crippen molar-refractivity contribution in [1.29, 1.82) is 0 Å². The molecule has 31 heavy (non-hydrogen) atoms. The number of halogens is 1. The van der Waals surface area contributed by atoms with Crippen LogP contribution >= 0.6 is 0 Å². The maximum atomic E-state index is 13.4. The van der Waals surface area contributed by atoms with Crippen LogP contribution in [0.5, 0.6) is 0 Å². The van der Waals surface area contributed by atoms with Crippen molar-refractivity contribution in [1.82, 2.24) is 20.5 Å². The van der Waals surface area contributed by atoms with E-state index in [1.165, 1.54) is 17.0 Å². The molecule has 0 aliphatic carbocycles. The van der Waals surface area contributed by atoms with Gasteiger partial charge in [0.25, 0.3) is 0 Å². The summed E-state index contributed by atoms with van der Waals surface area (Å²) in [6.45, 7) is 1.39. The van der Waals surface area contributed by atoms with E-state index in [2.05, 4.69) is 25.8 Å². The molecule has 0 spiro atoms. The van der Waals surface area contributed by atoms with Crippen LogP contribution < -0.4 is 15.5 Å². The molecule has 1 fully saturated rings. The van der Waals surface area contributed by atoms with Crippen LogP contribution in [0.4, 0.5) is 15.9 Å². The van der Waals surface area contributed by atoms with Crippen molar-refractivity contribution in [2.75, 3.05) is 29.9 Å². The molecule has 1 aliphatic rings. The van der Waals surface area contributed by atoms with Crippen molar-refractivity contribution in [2.45, 2.75) is 12.8 Å². The molecule has 2 aromatic heterocycles. The number of rotatable bonds is 9. The first kappa shape index (κ1) is 20.5. The van der Waals surface area contributed by atoms with Crippen LogP contribution in [0.15, 0.2) is 48.8 Å². The Kier molecular flexibility index (Phi) is 6.21. The second-order valence-electron chi connectivity index (χ2n) is 7.39. The Bertz CT molecular complexity index is 1060. The van der Waals surface area contributed by atoms with Gasteiger partial charge in [-0.15, -0.1) is 0 Å². The van der Waals surface area contributed by atoms with Crippen LogP contribution in [0.3, 0.4) is 0 Å². The number of aromatic amines is 1. The third kappa shape index (κ3) is 4.88. The Morgan fingerprint density at radius 1 is 1.29 bits per heavy atom. The minimum atomic E-state index is -0.278. The highest BCUT2D eigenvalue weighted by molar-refractivity contribution is 5.86. The van der Waals surface area contributed by atoms with Gasteiger partial charge in [-0.2, -0.15) is 5.10 Å². The summed E-state index contributed by atoms with van der Waals surface area (Å²) in [6, 6.07) is 10.1. The molecule has 3 heterocycles. The molecular formula is C22H23FN6O2. The first-order valence-electron chi connectivity index (χ1n) is 10.1. The lowest BCUT2D eigenvalue weighted by atomic mass is 10.1. The quantitative estimate of drug-likeness (QED) is 0.460. The third-order valence-electron chi connectivity index (χ3n) is 5.28. The first-order valence-corrected chi connectivity index (χ1v) is 10.1. The van der Waals surface area contributed by atoms with Gasteiger partial charge < -0.3 is 15.5 Å². The maximum absolute atomic E-state index is 13.4. The van der Waals surface area contributed by atoms with E-state index < -0.39 is 0 Å². The molecule has 160 valence electrons. The Labute approximate surface area is 178 Å². The molecule has 1 unspecified atom stereocenters. The van der Waals surface area contributed by atoms with Gasteiger partial charge in [-0.05, 0) is 42.7 Å². The second kappa shape index (κ2) is 9.38. The van der Waals surface area contributed by atoms with Crippen molar-refractivity contribution in [3.05, 3.63) is 60.2 Å². The molecule has 1 aromatic carbocycles. The summed E-state index contributed by atoms with van der Waals surface area (Å²) in [5.74, 6) is -0.0600. The van der Waals surface area contributed by atoms with E-state index in [0.29, 0.717) is 43.1 Å². The molecule has 0 radical (unpaired) electrons. The van der Waals surface area contributed by atoms with E-state index in [-0.39, 0.29) is 24.2 Å². The summed E-state index contributed by atoms with van der Waals surface area (Å²) in [5, 5.41) is 12.8. The van der Waals surface area contributed by atoms with E-state index >= 15 is 0 Å². The molecule has 3 aromatic rings. The average Bonchev–Trinajstić information content (AvgIpc) is 3.44. The zero-order valence-corrected chi connectivity index (χ0v) is 16.8. The summed E-state index contributed by atoms with van der Waals surface area (Å²) in [7, 11) is 0. The second-order valence-corrected chi connectivity index (χ2v) is 7.39. The number of carbonyl (C=O) groups excluding carboxylic acids is 2. The first-order chi connectivity index (χ1) is 15.1. The normalized spacial score (nSPS) is 15.5. The minimum Gasteiger partial charge on any atom is -0.368 e. The molecular weight excluding hydrogens is 399 g/mol. The number of H-pyrrole nitrogens is 1. The minimum absolute atomic E-state index is 0.0459. The predicted octanol–water partition coefficient (Wildman–Crippen LogP) is 2.36. The van der Waals surface area contributed by atoms with Crippen LogP contribution in [0, 0.1) is 11.7 Å². The molecule has 1 atom stereocenters. The largest absolute Gasteiger partial charge is 0.368 e. The highest BCUT2D eigenvalue weighted by Crippen LogP contribution is 2.29. The van der Waals surface area contributed by atoms with Crippen LogP contribution in [-0.4, -0.2) is 47.1 Å². The molecule has 3 N–H and O–H groups in total. The van der Waals surface area contributed by atoms with Gasteiger partial charge in [0.15, 0.2) is 5.82 Å². The number of benzene rings is 1. The number of nitrogens with zero attached hydrogens (tertiary/aromatic N) is 3. The van der Waals surface area contributed by atoms with Gasteiger partial charge in [0.05, 0.1) is 23.5 Å². The van der Waals surface area contributed by atoms with Crippen LogP contribution in [0.25, 0.3) is 11.3 Å². The highest BCUT2D eigenvalue weighted by atomic mass is 19.1. The number of hydrogen-bond donors (Lipinski definition) is 3. The van der Waals surface area contributed by atoms with Crippen molar-refractivity contribution in [3.8, 4) is 11.3 Å². The van der Waals surface area contributed by atoms with Crippen LogP contribution in [-0.2, 0) is 16.0 Å². The van der Waals surface area contributed by atoms with Gasteiger partial charge in [0.2, 0.25) is 12.3 Å². The van der Waals surface area contributed by atoms with E-state index in [0.717, 1.165) is 17.5 Å². The topological polar surface area (TPSA) is 103 Å². The molecule has 9 heteroatoms. The number of carbonyl (C=O) groups is 2. The number of pyridine rings is 1. The fourth-order valence-corrected chi connectivity index (χ4v) is 3.64. The van der Waals surface area contributed by atoms with Gasteiger partial charge in [-0.3, -0.25) is 14.7 Å². The van der Waals surface area contributed by atoms with Gasteiger partial charge in [-0.1, -0.05) is 12.1 Å². The van der Waals surface area contributed by atoms with E-state index in [4.69, 9.17) is 0 Å². The van der Waals surface area contributed by atoms with Crippen LogP contribution in [0.2, 0.25) is 0 Å². The molecule has 8 nitrogen and oxygen atoms in total. The van der Waals surface area contributed by atoms with Gasteiger partial charge >= 0.3 is 0 Å². The monoisotopic (exact) mass is 422 g/mol. The molecule has 0 saturated carbocycles. The maximum Gasteiger partial charge on any atom is 0.224 e. The van der Waals surface area contributed by atoms with E-state index in [1.807, 2.05) is 12.1 Å². The zero-order chi connectivity index (χ0) is 21.6. The molecule has 4 rings (SSSR count). The Balaban J connectivity index is 1.57. The standard InChI is InChI=1S/C22H23FN6O2/c23-18-3-1-2-15(10-18)6-8-24-21-20(5-4-19(28-21)17-11-26-27-12-17)29(14-30)13-16-7-9-25-22(16)31/h1-5,10-12,14,16H,6-9,13H2,(H,24,28)(H,25,31)(H,26,27). The Hall–Kier alpha value is -3.75. The number of anilines is 2. The van der Waals surface area contributed by atoms with Crippen molar-refractivity contribution < 1.29 is 14.0 Å². The number of amides is 2. The predicted molar refractivity (Wildman–Crippen MR) is 115 cm³/mol. The molecule has 2 amide bonds. The SMILES string of the molecule is O=CN(CC1CCNC1=O)c1ccc(-c2cn[nH]c2)nc1NCCc1cccc(F)c1. The molecule has 1 saturated heterocycles. The Morgan fingerprint density at radius 2 is 2.19 bits per heavy atom. The smallest absolute Gasteiger partial charge is 0.224 e. The third-order valence-corrected chi connectivity index (χ3v) is 5.28. The van der Waals surface area contributed by atoms with E-state index in [9.17, 15) is 14.0 Å². The number of aromatic nitrogens is 3. The van der Waals surface area contributed by atoms with Gasteiger partial charge in [0.1, 0.15) is 5.82 Å².